The Bertz CT molecular complexity index is 606. The number of H-pyrrole nitrogens is 1. The lowest BCUT2D eigenvalue weighted by Crippen LogP contribution is -2.26. The predicted octanol–water partition coefficient (Wildman–Crippen LogP) is 2.37. The number of nitrogens with zero attached hydrogens (tertiary/aromatic N) is 1. The molecule has 1 rings (SSSR count). The highest BCUT2D eigenvalue weighted by atomic mass is 35.5. The van der Waals surface area contributed by atoms with Crippen LogP contribution in [0.2, 0.25) is 5.02 Å². The van der Waals surface area contributed by atoms with Crippen LogP contribution in [0.15, 0.2) is 4.79 Å². The van der Waals surface area contributed by atoms with E-state index in [0.29, 0.717) is 5.69 Å². The van der Waals surface area contributed by atoms with Gasteiger partial charge in [0, 0.05) is 11.1 Å². The Morgan fingerprint density at radius 2 is 2.05 bits per heavy atom. The van der Waals surface area contributed by atoms with Gasteiger partial charge in [0.05, 0.1) is 11.6 Å². The standard InChI is InChI=1S/C13H15ClN2O3/c1-5-19-12(18)8-7(6-15)11(17)16-10(9(8)14)13(2,3)4/h5H2,1-4H3,(H,16,17). The summed E-state index contributed by atoms with van der Waals surface area (Å²) in [5, 5.41) is 9.06. The van der Waals surface area contributed by atoms with Gasteiger partial charge in [0.15, 0.2) is 0 Å². The summed E-state index contributed by atoms with van der Waals surface area (Å²) in [6.07, 6.45) is 0. The van der Waals surface area contributed by atoms with E-state index in [1.165, 1.54) is 0 Å². The number of nitriles is 1. The van der Waals surface area contributed by atoms with Crippen molar-refractivity contribution >= 4 is 17.6 Å². The van der Waals surface area contributed by atoms with Crippen molar-refractivity contribution in [3.63, 3.8) is 0 Å². The van der Waals surface area contributed by atoms with Crippen molar-refractivity contribution in [3.05, 3.63) is 32.2 Å². The zero-order valence-corrected chi connectivity index (χ0v) is 12.0. The van der Waals surface area contributed by atoms with Crippen LogP contribution in [0.1, 0.15) is 49.3 Å². The molecule has 0 unspecified atom stereocenters. The second kappa shape index (κ2) is 5.45. The second-order valence-corrected chi connectivity index (χ2v) is 5.35. The summed E-state index contributed by atoms with van der Waals surface area (Å²) in [5.74, 6) is -0.763. The smallest absolute Gasteiger partial charge is 0.341 e. The summed E-state index contributed by atoms with van der Waals surface area (Å²) in [6, 6.07) is 1.69. The van der Waals surface area contributed by atoms with Gasteiger partial charge in [-0.15, -0.1) is 0 Å². The van der Waals surface area contributed by atoms with E-state index in [2.05, 4.69) is 4.98 Å². The van der Waals surface area contributed by atoms with E-state index >= 15 is 0 Å². The normalized spacial score (nSPS) is 10.9. The van der Waals surface area contributed by atoms with Crippen LogP contribution in [0.5, 0.6) is 0 Å². The first kappa shape index (κ1) is 15.3. The lowest BCUT2D eigenvalue weighted by atomic mass is 9.90. The molecule has 1 aromatic heterocycles. The molecule has 0 aromatic carbocycles. The van der Waals surface area contributed by atoms with Crippen LogP contribution >= 0.6 is 11.6 Å². The quantitative estimate of drug-likeness (QED) is 0.844. The minimum atomic E-state index is -0.763. The van der Waals surface area contributed by atoms with Crippen molar-refractivity contribution in [2.75, 3.05) is 6.61 Å². The van der Waals surface area contributed by atoms with Gasteiger partial charge >= 0.3 is 5.97 Å². The van der Waals surface area contributed by atoms with Crippen molar-refractivity contribution in [2.24, 2.45) is 0 Å². The maximum absolute atomic E-state index is 11.9. The summed E-state index contributed by atoms with van der Waals surface area (Å²) in [7, 11) is 0. The first-order valence-electron chi connectivity index (χ1n) is 5.77. The summed E-state index contributed by atoms with van der Waals surface area (Å²) in [5.41, 5.74) is -1.19. The molecule has 0 aliphatic heterocycles. The molecule has 1 heterocycles. The van der Waals surface area contributed by atoms with E-state index in [9.17, 15) is 9.59 Å². The highest BCUT2D eigenvalue weighted by Crippen LogP contribution is 2.30. The van der Waals surface area contributed by atoms with Gasteiger partial charge in [0.25, 0.3) is 5.56 Å². The Balaban J connectivity index is 3.69. The van der Waals surface area contributed by atoms with Crippen molar-refractivity contribution < 1.29 is 9.53 Å². The number of carbonyl (C=O) groups excluding carboxylic acids is 1. The van der Waals surface area contributed by atoms with Gasteiger partial charge < -0.3 is 9.72 Å². The molecule has 0 amide bonds. The number of esters is 1. The molecule has 6 heteroatoms. The van der Waals surface area contributed by atoms with E-state index < -0.39 is 16.9 Å². The summed E-state index contributed by atoms with van der Waals surface area (Å²) < 4.78 is 4.85. The van der Waals surface area contributed by atoms with E-state index in [1.54, 1.807) is 13.0 Å². The van der Waals surface area contributed by atoms with Crippen LogP contribution in [0, 0.1) is 11.3 Å². The van der Waals surface area contributed by atoms with Crippen molar-refractivity contribution in [2.45, 2.75) is 33.1 Å². The predicted molar refractivity (Wildman–Crippen MR) is 71.4 cm³/mol. The molecule has 0 spiro atoms. The third kappa shape index (κ3) is 2.96. The van der Waals surface area contributed by atoms with Gasteiger partial charge in [-0.05, 0) is 6.92 Å². The third-order valence-electron chi connectivity index (χ3n) is 2.50. The largest absolute Gasteiger partial charge is 0.462 e. The second-order valence-electron chi connectivity index (χ2n) is 4.98. The Kier molecular flexibility index (Phi) is 4.38. The highest BCUT2D eigenvalue weighted by Gasteiger charge is 2.28. The zero-order chi connectivity index (χ0) is 14.8. The fourth-order valence-electron chi connectivity index (χ4n) is 1.60. The monoisotopic (exact) mass is 282 g/mol. The van der Waals surface area contributed by atoms with Crippen molar-refractivity contribution in [3.8, 4) is 6.07 Å². The first-order chi connectivity index (χ1) is 8.73. The summed E-state index contributed by atoms with van der Waals surface area (Å²) >= 11 is 6.16. The maximum Gasteiger partial charge on any atom is 0.341 e. The van der Waals surface area contributed by atoms with Crippen LogP contribution in [-0.2, 0) is 10.2 Å². The lowest BCUT2D eigenvalue weighted by Gasteiger charge is -2.21. The number of hydrogen-bond donors (Lipinski definition) is 1. The van der Waals surface area contributed by atoms with Gasteiger partial charge in [0.1, 0.15) is 17.2 Å². The number of halogens is 1. The minimum absolute atomic E-state index is 0.0575. The molecule has 5 nitrogen and oxygen atoms in total. The van der Waals surface area contributed by atoms with Gasteiger partial charge in [-0.3, -0.25) is 4.79 Å². The van der Waals surface area contributed by atoms with Gasteiger partial charge in [-0.2, -0.15) is 5.26 Å². The van der Waals surface area contributed by atoms with Crippen molar-refractivity contribution in [1.29, 1.82) is 5.26 Å². The molecule has 0 saturated heterocycles. The molecular weight excluding hydrogens is 268 g/mol. The van der Waals surface area contributed by atoms with E-state index in [1.807, 2.05) is 20.8 Å². The Morgan fingerprint density at radius 1 is 1.47 bits per heavy atom. The average Bonchev–Trinajstić information content (AvgIpc) is 2.29. The lowest BCUT2D eigenvalue weighted by molar-refractivity contribution is 0.0525. The Labute approximate surface area is 116 Å². The molecule has 0 aliphatic rings. The van der Waals surface area contributed by atoms with E-state index in [4.69, 9.17) is 21.6 Å². The number of rotatable bonds is 2. The fourth-order valence-corrected chi connectivity index (χ4v) is 2.10. The van der Waals surface area contributed by atoms with E-state index in [-0.39, 0.29) is 22.8 Å². The van der Waals surface area contributed by atoms with Crippen LogP contribution in [0.25, 0.3) is 0 Å². The summed E-state index contributed by atoms with van der Waals surface area (Å²) in [4.78, 5) is 26.3. The van der Waals surface area contributed by atoms with Crippen LogP contribution < -0.4 is 5.56 Å². The molecule has 19 heavy (non-hydrogen) atoms. The molecule has 0 fully saturated rings. The number of aromatic amines is 1. The maximum atomic E-state index is 11.9. The van der Waals surface area contributed by atoms with Gasteiger partial charge in [-0.25, -0.2) is 4.79 Å². The minimum Gasteiger partial charge on any atom is -0.462 e. The third-order valence-corrected chi connectivity index (χ3v) is 2.87. The topological polar surface area (TPSA) is 83.0 Å². The molecule has 0 saturated carbocycles. The first-order valence-corrected chi connectivity index (χ1v) is 6.15. The van der Waals surface area contributed by atoms with Gasteiger partial charge in [-0.1, -0.05) is 32.4 Å². The van der Waals surface area contributed by atoms with Crippen LogP contribution in [0.3, 0.4) is 0 Å². The molecule has 1 aromatic rings. The fraction of sp³-hybridized carbons (Fsp3) is 0.462. The molecule has 0 atom stereocenters. The molecule has 1 N–H and O–H groups in total. The van der Waals surface area contributed by atoms with E-state index in [0.717, 1.165) is 0 Å². The number of carbonyl (C=O) groups is 1. The number of aromatic nitrogens is 1. The molecule has 0 radical (unpaired) electrons. The number of hydrogen-bond acceptors (Lipinski definition) is 4. The summed E-state index contributed by atoms with van der Waals surface area (Å²) in [6.45, 7) is 7.29. The average molecular weight is 283 g/mol. The van der Waals surface area contributed by atoms with Crippen LogP contribution in [-0.4, -0.2) is 17.6 Å². The molecule has 0 bridgehead atoms. The zero-order valence-electron chi connectivity index (χ0n) is 11.3. The van der Waals surface area contributed by atoms with Crippen LogP contribution in [0.4, 0.5) is 0 Å². The highest BCUT2D eigenvalue weighted by molar-refractivity contribution is 6.34. The molecule has 0 aliphatic carbocycles. The van der Waals surface area contributed by atoms with Crippen molar-refractivity contribution in [1.82, 2.24) is 4.98 Å². The molecular formula is C13H15ClN2O3. The molecule has 102 valence electrons. The number of nitrogens with one attached hydrogen (secondary N) is 1. The Hall–Kier alpha value is -1.80. The number of pyridine rings is 1. The number of ether oxygens (including phenoxy) is 1. The Morgan fingerprint density at radius 3 is 2.47 bits per heavy atom. The SMILES string of the molecule is CCOC(=O)c1c(Cl)c(C(C)(C)C)[nH]c(=O)c1C#N. The van der Waals surface area contributed by atoms with Gasteiger partial charge in [0.2, 0.25) is 0 Å².